The van der Waals surface area contributed by atoms with Crippen molar-refractivity contribution in [3.8, 4) is 11.3 Å². The number of aromatic nitrogens is 4. The monoisotopic (exact) mass is 468 g/mol. The highest BCUT2D eigenvalue weighted by Gasteiger charge is 2.29. The van der Waals surface area contributed by atoms with Crippen molar-refractivity contribution in [3.05, 3.63) is 72.1 Å². The SMILES string of the molecule is CCn1ncc2c(C(=O)N3CCC(C(=O)Nc4ccc(C)cn4)CC3)cc(-c3ccccc3)nc21. The number of fused-ring (bicyclic) bond motifs is 1. The molecule has 0 unspecified atom stereocenters. The lowest BCUT2D eigenvalue weighted by atomic mass is 9.95. The summed E-state index contributed by atoms with van der Waals surface area (Å²) in [4.78, 5) is 37.3. The molecule has 0 saturated carbocycles. The van der Waals surface area contributed by atoms with Crippen molar-refractivity contribution in [1.82, 2.24) is 24.6 Å². The molecule has 3 aromatic heterocycles. The van der Waals surface area contributed by atoms with E-state index in [0.29, 0.717) is 49.5 Å². The average Bonchev–Trinajstić information content (AvgIpc) is 3.33. The summed E-state index contributed by atoms with van der Waals surface area (Å²) in [6, 6.07) is 15.4. The number of carbonyl (C=O) groups is 2. The van der Waals surface area contributed by atoms with Gasteiger partial charge in [-0.3, -0.25) is 9.59 Å². The van der Waals surface area contributed by atoms with Crippen LogP contribution in [0.25, 0.3) is 22.3 Å². The van der Waals surface area contributed by atoms with Crippen LogP contribution in [0.1, 0.15) is 35.7 Å². The first-order chi connectivity index (χ1) is 17.0. The number of benzene rings is 1. The molecule has 35 heavy (non-hydrogen) atoms. The van der Waals surface area contributed by atoms with Gasteiger partial charge in [-0.05, 0) is 44.4 Å². The van der Waals surface area contributed by atoms with Gasteiger partial charge in [0.2, 0.25) is 5.91 Å². The Morgan fingerprint density at radius 2 is 1.83 bits per heavy atom. The summed E-state index contributed by atoms with van der Waals surface area (Å²) in [6.45, 7) is 5.67. The van der Waals surface area contributed by atoms with E-state index >= 15 is 0 Å². The fourth-order valence-corrected chi connectivity index (χ4v) is 4.50. The van der Waals surface area contributed by atoms with Crippen LogP contribution in [0.2, 0.25) is 0 Å². The van der Waals surface area contributed by atoms with Crippen molar-refractivity contribution >= 4 is 28.7 Å². The second-order valence-corrected chi connectivity index (χ2v) is 8.90. The van der Waals surface area contributed by atoms with Crippen molar-refractivity contribution in [3.63, 3.8) is 0 Å². The first-order valence-electron chi connectivity index (χ1n) is 12.0. The minimum atomic E-state index is -0.151. The van der Waals surface area contributed by atoms with E-state index < -0.39 is 0 Å². The van der Waals surface area contributed by atoms with E-state index in [1.54, 1.807) is 18.5 Å². The number of piperidine rings is 1. The number of nitrogens with one attached hydrogen (secondary N) is 1. The fraction of sp³-hybridized carbons (Fsp3) is 0.296. The number of aryl methyl sites for hydroxylation is 2. The molecule has 1 aliphatic rings. The predicted octanol–water partition coefficient (Wildman–Crippen LogP) is 4.31. The zero-order valence-electron chi connectivity index (χ0n) is 19.9. The molecule has 0 bridgehead atoms. The second kappa shape index (κ2) is 9.66. The molecule has 4 heterocycles. The third-order valence-corrected chi connectivity index (χ3v) is 6.52. The number of likely N-dealkylation sites (tertiary alicyclic amines) is 1. The van der Waals surface area contributed by atoms with Crippen LogP contribution in [0.5, 0.6) is 0 Å². The molecule has 2 amide bonds. The van der Waals surface area contributed by atoms with Gasteiger partial charge in [-0.2, -0.15) is 5.10 Å². The van der Waals surface area contributed by atoms with Crippen LogP contribution in [-0.2, 0) is 11.3 Å². The predicted molar refractivity (Wildman–Crippen MR) is 135 cm³/mol. The fourth-order valence-electron chi connectivity index (χ4n) is 4.50. The largest absolute Gasteiger partial charge is 0.339 e. The van der Waals surface area contributed by atoms with Crippen LogP contribution in [0, 0.1) is 12.8 Å². The number of hydrogen-bond donors (Lipinski definition) is 1. The topological polar surface area (TPSA) is 93.0 Å². The zero-order chi connectivity index (χ0) is 24.4. The van der Waals surface area contributed by atoms with E-state index in [1.807, 2.05) is 65.9 Å². The quantitative estimate of drug-likeness (QED) is 0.471. The Kier molecular flexibility index (Phi) is 6.27. The van der Waals surface area contributed by atoms with E-state index in [1.165, 1.54) is 0 Å². The number of carbonyl (C=O) groups excluding carboxylic acids is 2. The van der Waals surface area contributed by atoms with Gasteiger partial charge < -0.3 is 10.2 Å². The highest BCUT2D eigenvalue weighted by molar-refractivity contribution is 6.06. The standard InChI is InChI=1S/C27H28N6O2/c1-3-33-25-22(17-29-33)21(15-23(30-25)19-7-5-4-6-8-19)27(35)32-13-11-20(12-14-32)26(34)31-24-10-9-18(2)16-28-24/h4-10,15-17,20H,3,11-14H2,1-2H3,(H,28,31,34). The third-order valence-electron chi connectivity index (χ3n) is 6.52. The molecular weight excluding hydrogens is 440 g/mol. The summed E-state index contributed by atoms with van der Waals surface area (Å²) < 4.78 is 1.81. The van der Waals surface area contributed by atoms with Crippen LogP contribution >= 0.6 is 0 Å². The lowest BCUT2D eigenvalue weighted by Crippen LogP contribution is -2.41. The molecule has 0 atom stereocenters. The molecule has 0 spiro atoms. The van der Waals surface area contributed by atoms with E-state index in [2.05, 4.69) is 15.4 Å². The van der Waals surface area contributed by atoms with E-state index in [9.17, 15) is 9.59 Å². The first kappa shape index (κ1) is 22.7. The summed E-state index contributed by atoms with van der Waals surface area (Å²) in [6.07, 6.45) is 4.67. The van der Waals surface area contributed by atoms with E-state index in [-0.39, 0.29) is 17.7 Å². The Labute approximate surface area is 204 Å². The molecule has 8 heteroatoms. The minimum Gasteiger partial charge on any atom is -0.339 e. The van der Waals surface area contributed by atoms with Crippen LogP contribution in [0.15, 0.2) is 60.9 Å². The van der Waals surface area contributed by atoms with Gasteiger partial charge in [0.15, 0.2) is 5.65 Å². The molecule has 8 nitrogen and oxygen atoms in total. The Bertz CT molecular complexity index is 1360. The van der Waals surface area contributed by atoms with Crippen molar-refractivity contribution in [2.24, 2.45) is 5.92 Å². The van der Waals surface area contributed by atoms with Crippen molar-refractivity contribution in [1.29, 1.82) is 0 Å². The molecule has 0 aliphatic carbocycles. The Morgan fingerprint density at radius 1 is 1.06 bits per heavy atom. The lowest BCUT2D eigenvalue weighted by molar-refractivity contribution is -0.121. The molecule has 1 N–H and O–H groups in total. The normalized spacial score (nSPS) is 14.3. The Hall–Kier alpha value is -4.07. The van der Waals surface area contributed by atoms with Gasteiger partial charge >= 0.3 is 0 Å². The van der Waals surface area contributed by atoms with Crippen molar-refractivity contribution in [2.75, 3.05) is 18.4 Å². The van der Waals surface area contributed by atoms with E-state index in [4.69, 9.17) is 4.98 Å². The van der Waals surface area contributed by atoms with Gasteiger partial charge in [0.1, 0.15) is 5.82 Å². The van der Waals surface area contributed by atoms with Crippen molar-refractivity contribution < 1.29 is 9.59 Å². The number of amides is 2. The maximum absolute atomic E-state index is 13.6. The highest BCUT2D eigenvalue weighted by Crippen LogP contribution is 2.28. The zero-order valence-corrected chi connectivity index (χ0v) is 19.9. The maximum Gasteiger partial charge on any atom is 0.254 e. The Balaban J connectivity index is 1.34. The number of anilines is 1. The van der Waals surface area contributed by atoms with Gasteiger partial charge in [-0.15, -0.1) is 0 Å². The molecule has 178 valence electrons. The summed E-state index contributed by atoms with van der Waals surface area (Å²) in [5.74, 6) is 0.307. The number of hydrogen-bond acceptors (Lipinski definition) is 5. The van der Waals surface area contributed by atoms with E-state index in [0.717, 1.165) is 22.2 Å². The summed E-state index contributed by atoms with van der Waals surface area (Å²) >= 11 is 0. The molecule has 1 fully saturated rings. The summed E-state index contributed by atoms with van der Waals surface area (Å²) in [5.41, 5.74) is 4.04. The third kappa shape index (κ3) is 4.64. The van der Waals surface area contributed by atoms with Gasteiger partial charge in [-0.25, -0.2) is 14.6 Å². The number of nitrogens with zero attached hydrogens (tertiary/aromatic N) is 5. The van der Waals surface area contributed by atoms with Gasteiger partial charge in [0, 0.05) is 37.3 Å². The molecule has 1 aromatic carbocycles. The molecule has 4 aromatic rings. The molecule has 0 radical (unpaired) electrons. The van der Waals surface area contributed by atoms with Gasteiger partial charge in [0.05, 0.1) is 22.8 Å². The average molecular weight is 469 g/mol. The maximum atomic E-state index is 13.6. The smallest absolute Gasteiger partial charge is 0.254 e. The van der Waals surface area contributed by atoms with Crippen LogP contribution in [0.3, 0.4) is 0 Å². The lowest BCUT2D eigenvalue weighted by Gasteiger charge is -2.31. The second-order valence-electron chi connectivity index (χ2n) is 8.90. The number of rotatable bonds is 5. The molecular formula is C27H28N6O2. The minimum absolute atomic E-state index is 0.0460. The first-order valence-corrected chi connectivity index (χ1v) is 12.0. The van der Waals surface area contributed by atoms with Gasteiger partial charge in [-0.1, -0.05) is 36.4 Å². The van der Waals surface area contributed by atoms with Crippen molar-refractivity contribution in [2.45, 2.75) is 33.2 Å². The van der Waals surface area contributed by atoms with Crippen LogP contribution in [-0.4, -0.2) is 49.6 Å². The molecule has 5 rings (SSSR count). The number of pyridine rings is 2. The molecule has 1 saturated heterocycles. The van der Waals surface area contributed by atoms with Gasteiger partial charge in [0.25, 0.3) is 5.91 Å². The van der Waals surface area contributed by atoms with Crippen LogP contribution in [0.4, 0.5) is 5.82 Å². The summed E-state index contributed by atoms with van der Waals surface area (Å²) in [7, 11) is 0. The highest BCUT2D eigenvalue weighted by atomic mass is 16.2. The Morgan fingerprint density at radius 3 is 2.51 bits per heavy atom. The summed E-state index contributed by atoms with van der Waals surface area (Å²) in [5, 5.41) is 8.09. The van der Waals surface area contributed by atoms with Crippen LogP contribution < -0.4 is 5.32 Å². The molecule has 1 aliphatic heterocycles.